The molecule has 0 saturated heterocycles. The zero-order chi connectivity index (χ0) is 17.6. The molecule has 0 spiro atoms. The first-order valence-electron chi connectivity index (χ1n) is 7.42. The molecule has 1 aromatic rings. The van der Waals surface area contributed by atoms with E-state index in [2.05, 4.69) is 10.6 Å². The van der Waals surface area contributed by atoms with Crippen LogP contribution in [0.4, 0.5) is 5.69 Å². The number of nitrogens with zero attached hydrogens (tertiary/aromatic N) is 1. The minimum absolute atomic E-state index is 0.0145. The van der Waals surface area contributed by atoms with Gasteiger partial charge in [0, 0.05) is 13.2 Å². The molecule has 23 heavy (non-hydrogen) atoms. The molecule has 2 amide bonds. The van der Waals surface area contributed by atoms with Crippen molar-refractivity contribution in [3.8, 4) is 0 Å². The minimum atomic E-state index is -0.657. The first-order chi connectivity index (χ1) is 10.8. The summed E-state index contributed by atoms with van der Waals surface area (Å²) >= 11 is 0. The second-order valence-electron chi connectivity index (χ2n) is 5.48. The van der Waals surface area contributed by atoms with E-state index in [1.165, 1.54) is 6.07 Å². The number of aryl methyl sites for hydroxylation is 1. The van der Waals surface area contributed by atoms with E-state index >= 15 is 0 Å². The first-order valence-corrected chi connectivity index (χ1v) is 7.42. The van der Waals surface area contributed by atoms with Gasteiger partial charge in [0.1, 0.15) is 5.69 Å². The van der Waals surface area contributed by atoms with Crippen LogP contribution in [0.25, 0.3) is 0 Å². The van der Waals surface area contributed by atoms with Gasteiger partial charge in [-0.2, -0.15) is 0 Å². The summed E-state index contributed by atoms with van der Waals surface area (Å²) in [6.07, 6.45) is 1.59. The molecule has 0 saturated carbocycles. The Hall–Kier alpha value is -2.35. The van der Waals surface area contributed by atoms with Crippen LogP contribution in [0.2, 0.25) is 0 Å². The number of esters is 1. The second-order valence-corrected chi connectivity index (χ2v) is 5.48. The number of hydrogen-bond acceptors (Lipinski definition) is 5. The maximum Gasteiger partial charge on any atom is 0.355 e. The van der Waals surface area contributed by atoms with Gasteiger partial charge in [-0.05, 0) is 18.9 Å². The Kier molecular flexibility index (Phi) is 6.77. The molecule has 0 aliphatic carbocycles. The smallest absolute Gasteiger partial charge is 0.355 e. The quantitative estimate of drug-likeness (QED) is 0.621. The molecule has 4 N–H and O–H groups in total. The molecule has 0 unspecified atom stereocenters. The van der Waals surface area contributed by atoms with Crippen LogP contribution in [-0.2, 0) is 21.4 Å². The van der Waals surface area contributed by atoms with E-state index in [1.54, 1.807) is 24.7 Å². The van der Waals surface area contributed by atoms with Crippen LogP contribution in [-0.4, -0.2) is 41.5 Å². The summed E-state index contributed by atoms with van der Waals surface area (Å²) in [4.78, 5) is 35.2. The summed E-state index contributed by atoms with van der Waals surface area (Å²) in [6.45, 7) is 5.45. The molecule has 0 fully saturated rings. The van der Waals surface area contributed by atoms with Crippen molar-refractivity contribution >= 4 is 23.5 Å². The Morgan fingerprint density at radius 3 is 2.57 bits per heavy atom. The van der Waals surface area contributed by atoms with Crippen LogP contribution in [0, 0.1) is 5.92 Å². The van der Waals surface area contributed by atoms with Crippen LogP contribution in [0.5, 0.6) is 0 Å². The fourth-order valence-electron chi connectivity index (χ4n) is 1.83. The van der Waals surface area contributed by atoms with Crippen molar-refractivity contribution in [3.05, 3.63) is 18.0 Å². The SMILES string of the molecule is CCOC(=O)c1cc(NC(=O)CNC(=O)[C@@H](N)C(C)C)cn1C. The van der Waals surface area contributed by atoms with Crippen LogP contribution < -0.4 is 16.4 Å². The lowest BCUT2D eigenvalue weighted by molar-refractivity contribution is -0.125. The molecule has 0 radical (unpaired) electrons. The molecular weight excluding hydrogens is 300 g/mol. The highest BCUT2D eigenvalue weighted by molar-refractivity contribution is 5.97. The molecule has 0 aromatic carbocycles. The molecule has 8 heteroatoms. The maximum absolute atomic E-state index is 11.8. The van der Waals surface area contributed by atoms with Crippen molar-refractivity contribution < 1.29 is 19.1 Å². The average Bonchev–Trinajstić information content (AvgIpc) is 2.84. The zero-order valence-electron chi connectivity index (χ0n) is 13.9. The summed E-state index contributed by atoms with van der Waals surface area (Å²) in [6, 6.07) is 0.854. The lowest BCUT2D eigenvalue weighted by atomic mass is 10.1. The van der Waals surface area contributed by atoms with Crippen molar-refractivity contribution in [2.75, 3.05) is 18.5 Å². The van der Waals surface area contributed by atoms with Crippen LogP contribution in [0.1, 0.15) is 31.3 Å². The van der Waals surface area contributed by atoms with Crippen LogP contribution in [0.15, 0.2) is 12.3 Å². The Balaban J connectivity index is 2.57. The summed E-state index contributed by atoms with van der Waals surface area (Å²) in [5.74, 6) is -1.27. The van der Waals surface area contributed by atoms with Gasteiger partial charge in [-0.1, -0.05) is 13.8 Å². The number of amides is 2. The van der Waals surface area contributed by atoms with Crippen molar-refractivity contribution in [3.63, 3.8) is 0 Å². The predicted molar refractivity (Wildman–Crippen MR) is 85.8 cm³/mol. The maximum atomic E-state index is 11.8. The molecule has 1 rings (SSSR count). The van der Waals surface area contributed by atoms with Crippen molar-refractivity contribution in [1.29, 1.82) is 0 Å². The molecule has 1 aromatic heterocycles. The largest absolute Gasteiger partial charge is 0.461 e. The van der Waals surface area contributed by atoms with Gasteiger partial charge in [0.2, 0.25) is 11.8 Å². The standard InChI is InChI=1S/C15H24N4O4/c1-5-23-15(22)11-6-10(8-19(11)4)18-12(20)7-17-14(21)13(16)9(2)3/h6,8-9,13H,5,7,16H2,1-4H3,(H,17,21)(H,18,20)/t13-/m0/s1. The fraction of sp³-hybridized carbons (Fsp3) is 0.533. The Morgan fingerprint density at radius 1 is 1.35 bits per heavy atom. The van der Waals surface area contributed by atoms with Gasteiger partial charge in [0.05, 0.1) is 24.9 Å². The van der Waals surface area contributed by atoms with Crippen molar-refractivity contribution in [1.82, 2.24) is 9.88 Å². The van der Waals surface area contributed by atoms with Gasteiger partial charge in [-0.3, -0.25) is 9.59 Å². The third-order valence-electron chi connectivity index (χ3n) is 3.22. The highest BCUT2D eigenvalue weighted by Crippen LogP contribution is 2.13. The lowest BCUT2D eigenvalue weighted by Crippen LogP contribution is -2.46. The predicted octanol–water partition coefficient (Wildman–Crippen LogP) is 0.240. The molecule has 1 heterocycles. The monoisotopic (exact) mass is 324 g/mol. The number of aromatic nitrogens is 1. The van der Waals surface area contributed by atoms with Gasteiger partial charge in [-0.15, -0.1) is 0 Å². The van der Waals surface area contributed by atoms with Crippen LogP contribution in [0.3, 0.4) is 0 Å². The summed E-state index contributed by atoms with van der Waals surface area (Å²) in [5.41, 5.74) is 6.46. The third-order valence-corrected chi connectivity index (χ3v) is 3.22. The summed E-state index contributed by atoms with van der Waals surface area (Å²) in [5, 5.41) is 5.07. The number of anilines is 1. The van der Waals surface area contributed by atoms with Gasteiger partial charge in [0.25, 0.3) is 0 Å². The normalized spacial score (nSPS) is 11.9. The van der Waals surface area contributed by atoms with Gasteiger partial charge in [-0.25, -0.2) is 4.79 Å². The molecule has 128 valence electrons. The number of ether oxygens (including phenoxy) is 1. The Bertz CT molecular complexity index is 580. The summed E-state index contributed by atoms with van der Waals surface area (Å²) in [7, 11) is 1.67. The molecule has 0 aliphatic rings. The first kappa shape index (κ1) is 18.7. The number of nitrogens with one attached hydrogen (secondary N) is 2. The van der Waals surface area contributed by atoms with E-state index in [0.717, 1.165) is 0 Å². The molecule has 0 bridgehead atoms. The number of carbonyl (C=O) groups excluding carboxylic acids is 3. The number of nitrogens with two attached hydrogens (primary N) is 1. The van der Waals surface area contributed by atoms with E-state index in [1.807, 2.05) is 13.8 Å². The lowest BCUT2D eigenvalue weighted by Gasteiger charge is -2.14. The van der Waals surface area contributed by atoms with E-state index in [9.17, 15) is 14.4 Å². The fourth-order valence-corrected chi connectivity index (χ4v) is 1.83. The number of rotatable bonds is 7. The average molecular weight is 324 g/mol. The second kappa shape index (κ2) is 8.33. The highest BCUT2D eigenvalue weighted by atomic mass is 16.5. The number of hydrogen-bond donors (Lipinski definition) is 3. The Labute approximate surface area is 135 Å². The van der Waals surface area contributed by atoms with Crippen molar-refractivity contribution in [2.45, 2.75) is 26.8 Å². The van der Waals surface area contributed by atoms with Gasteiger partial charge < -0.3 is 25.7 Å². The van der Waals surface area contributed by atoms with Gasteiger partial charge >= 0.3 is 5.97 Å². The van der Waals surface area contributed by atoms with Crippen molar-refractivity contribution in [2.24, 2.45) is 18.7 Å². The molecular formula is C15H24N4O4. The van der Waals surface area contributed by atoms with Gasteiger partial charge in [0.15, 0.2) is 0 Å². The molecule has 1 atom stereocenters. The number of carbonyl (C=O) groups is 3. The topological polar surface area (TPSA) is 115 Å². The molecule has 0 aliphatic heterocycles. The van der Waals surface area contributed by atoms with E-state index < -0.39 is 17.9 Å². The Morgan fingerprint density at radius 2 is 2.00 bits per heavy atom. The highest BCUT2D eigenvalue weighted by Gasteiger charge is 2.18. The summed E-state index contributed by atoms with van der Waals surface area (Å²) < 4.78 is 6.47. The van der Waals surface area contributed by atoms with E-state index in [4.69, 9.17) is 10.5 Å². The van der Waals surface area contributed by atoms with Crippen LogP contribution >= 0.6 is 0 Å². The zero-order valence-corrected chi connectivity index (χ0v) is 13.9. The van der Waals surface area contributed by atoms with E-state index in [0.29, 0.717) is 11.4 Å². The van der Waals surface area contributed by atoms with E-state index in [-0.39, 0.29) is 25.0 Å². The minimum Gasteiger partial charge on any atom is -0.461 e. The third kappa shape index (κ3) is 5.41. The molecule has 8 nitrogen and oxygen atoms in total.